The van der Waals surface area contributed by atoms with Crippen LogP contribution < -0.4 is 5.32 Å². The molecule has 4 heteroatoms. The fourth-order valence-electron chi connectivity index (χ4n) is 0.916. The Labute approximate surface area is 76.7 Å². The molecule has 1 aromatic heterocycles. The summed E-state index contributed by atoms with van der Waals surface area (Å²) < 4.78 is 12.4. The molecule has 0 amide bonds. The van der Waals surface area contributed by atoms with Crippen molar-refractivity contribution in [2.45, 2.75) is 19.4 Å². The van der Waals surface area contributed by atoms with E-state index >= 15 is 0 Å². The number of halogens is 1. The summed E-state index contributed by atoms with van der Waals surface area (Å²) in [5, 5.41) is 3.01. The number of anilines is 1. The molecule has 0 aliphatic rings. The summed E-state index contributed by atoms with van der Waals surface area (Å²) in [5.74, 6) is 0.0117. The fraction of sp³-hybridized carbons (Fsp3) is 0.333. The van der Waals surface area contributed by atoms with Gasteiger partial charge in [0.15, 0.2) is 5.82 Å². The van der Waals surface area contributed by atoms with Crippen LogP contribution in [0.4, 0.5) is 10.3 Å². The zero-order valence-corrected chi connectivity index (χ0v) is 7.50. The summed E-state index contributed by atoms with van der Waals surface area (Å²) >= 11 is 0. The first kappa shape index (κ1) is 9.64. The summed E-state index contributed by atoms with van der Waals surface area (Å²) in [6.07, 6.45) is 4.90. The predicted octanol–water partition coefficient (Wildman–Crippen LogP) is 1.99. The zero-order chi connectivity index (χ0) is 9.68. The number of nitrogens with one attached hydrogen (secondary N) is 1. The quantitative estimate of drug-likeness (QED) is 0.722. The van der Waals surface area contributed by atoms with Gasteiger partial charge in [-0.2, -0.15) is 0 Å². The van der Waals surface area contributed by atoms with Crippen molar-refractivity contribution in [3.05, 3.63) is 30.9 Å². The third kappa shape index (κ3) is 3.19. The van der Waals surface area contributed by atoms with Gasteiger partial charge in [-0.15, -0.1) is 6.58 Å². The van der Waals surface area contributed by atoms with E-state index in [1.54, 1.807) is 6.08 Å². The molecule has 0 bridgehead atoms. The van der Waals surface area contributed by atoms with Crippen LogP contribution in [0.15, 0.2) is 25.0 Å². The van der Waals surface area contributed by atoms with Gasteiger partial charge in [0.2, 0.25) is 5.95 Å². The lowest BCUT2D eigenvalue weighted by molar-refractivity contribution is 0.613. The monoisotopic (exact) mass is 181 g/mol. The third-order valence-corrected chi connectivity index (χ3v) is 1.52. The topological polar surface area (TPSA) is 37.8 Å². The minimum Gasteiger partial charge on any atom is -0.351 e. The maximum absolute atomic E-state index is 12.4. The first-order valence-corrected chi connectivity index (χ1v) is 4.07. The van der Waals surface area contributed by atoms with Gasteiger partial charge >= 0.3 is 0 Å². The first-order valence-electron chi connectivity index (χ1n) is 4.07. The Morgan fingerprint density at radius 2 is 2.23 bits per heavy atom. The molecular formula is C9H12FN3. The van der Waals surface area contributed by atoms with E-state index in [0.717, 1.165) is 18.8 Å². The molecule has 1 N–H and O–H groups in total. The van der Waals surface area contributed by atoms with E-state index in [2.05, 4.69) is 21.9 Å². The first-order chi connectivity index (χ1) is 6.22. The number of nitrogens with zero attached hydrogens (tertiary/aromatic N) is 2. The van der Waals surface area contributed by atoms with Crippen molar-refractivity contribution in [3.8, 4) is 0 Å². The average molecular weight is 181 g/mol. The second-order valence-electron chi connectivity index (χ2n) is 2.79. The van der Waals surface area contributed by atoms with Crippen molar-refractivity contribution in [1.29, 1.82) is 0 Å². The van der Waals surface area contributed by atoms with Gasteiger partial charge in [0.1, 0.15) is 0 Å². The molecule has 0 radical (unpaired) electrons. The molecule has 13 heavy (non-hydrogen) atoms. The van der Waals surface area contributed by atoms with Crippen LogP contribution >= 0.6 is 0 Å². The highest BCUT2D eigenvalue weighted by Crippen LogP contribution is 2.02. The Bertz CT molecular complexity index is 271. The van der Waals surface area contributed by atoms with Crippen LogP contribution in [0, 0.1) is 5.82 Å². The molecular weight excluding hydrogens is 169 g/mol. The zero-order valence-electron chi connectivity index (χ0n) is 7.50. The van der Waals surface area contributed by atoms with Crippen molar-refractivity contribution in [2.24, 2.45) is 0 Å². The van der Waals surface area contributed by atoms with E-state index in [9.17, 15) is 4.39 Å². The van der Waals surface area contributed by atoms with E-state index in [4.69, 9.17) is 0 Å². The normalized spacial score (nSPS) is 12.2. The summed E-state index contributed by atoms with van der Waals surface area (Å²) in [6, 6.07) is 0.211. The lowest BCUT2D eigenvalue weighted by Crippen LogP contribution is -2.15. The molecule has 0 saturated carbocycles. The maximum atomic E-state index is 12.4. The standard InChI is InChI=1S/C9H12FN3/c1-3-4-7(2)13-9-11-5-8(10)6-12-9/h3,5-7H,1,4H2,2H3,(H,11,12,13). The van der Waals surface area contributed by atoms with Gasteiger partial charge in [-0.05, 0) is 13.3 Å². The Morgan fingerprint density at radius 3 is 2.77 bits per heavy atom. The summed E-state index contributed by atoms with van der Waals surface area (Å²) in [5.41, 5.74) is 0. The van der Waals surface area contributed by atoms with Gasteiger partial charge in [0, 0.05) is 6.04 Å². The van der Waals surface area contributed by atoms with Crippen molar-refractivity contribution in [2.75, 3.05) is 5.32 Å². The minimum atomic E-state index is -0.429. The number of rotatable bonds is 4. The SMILES string of the molecule is C=CCC(C)Nc1ncc(F)cn1. The van der Waals surface area contributed by atoms with Gasteiger partial charge in [0.25, 0.3) is 0 Å². The minimum absolute atomic E-state index is 0.211. The van der Waals surface area contributed by atoms with Gasteiger partial charge < -0.3 is 5.32 Å². The highest BCUT2D eigenvalue weighted by molar-refractivity contribution is 5.24. The molecule has 1 unspecified atom stereocenters. The summed E-state index contributed by atoms with van der Waals surface area (Å²) in [6.45, 7) is 5.60. The van der Waals surface area contributed by atoms with Crippen molar-refractivity contribution >= 4 is 5.95 Å². The smallest absolute Gasteiger partial charge is 0.222 e. The van der Waals surface area contributed by atoms with E-state index < -0.39 is 5.82 Å². The largest absolute Gasteiger partial charge is 0.351 e. The molecule has 0 spiro atoms. The predicted molar refractivity (Wildman–Crippen MR) is 49.9 cm³/mol. The van der Waals surface area contributed by atoms with Crippen LogP contribution in [-0.2, 0) is 0 Å². The van der Waals surface area contributed by atoms with E-state index in [0.29, 0.717) is 5.95 Å². The van der Waals surface area contributed by atoms with Crippen molar-refractivity contribution < 1.29 is 4.39 Å². The second-order valence-corrected chi connectivity index (χ2v) is 2.79. The highest BCUT2D eigenvalue weighted by Gasteiger charge is 2.01. The van der Waals surface area contributed by atoms with Crippen LogP contribution in [0.3, 0.4) is 0 Å². The molecule has 1 heterocycles. The maximum Gasteiger partial charge on any atom is 0.222 e. The van der Waals surface area contributed by atoms with Crippen LogP contribution in [-0.4, -0.2) is 16.0 Å². The molecule has 1 rings (SSSR count). The molecule has 70 valence electrons. The van der Waals surface area contributed by atoms with Crippen LogP contribution in [0.1, 0.15) is 13.3 Å². The van der Waals surface area contributed by atoms with Gasteiger partial charge in [0.05, 0.1) is 12.4 Å². The summed E-state index contributed by atoms with van der Waals surface area (Å²) in [7, 11) is 0. The van der Waals surface area contributed by atoms with Crippen molar-refractivity contribution in [1.82, 2.24) is 9.97 Å². The molecule has 0 fully saturated rings. The lowest BCUT2D eigenvalue weighted by Gasteiger charge is -2.10. The average Bonchev–Trinajstić information content (AvgIpc) is 2.09. The van der Waals surface area contributed by atoms with Crippen LogP contribution in [0.5, 0.6) is 0 Å². The second kappa shape index (κ2) is 4.54. The molecule has 3 nitrogen and oxygen atoms in total. The van der Waals surface area contributed by atoms with Crippen LogP contribution in [0.25, 0.3) is 0 Å². The molecule has 1 atom stereocenters. The molecule has 1 aromatic rings. The van der Waals surface area contributed by atoms with Gasteiger partial charge in [-0.25, -0.2) is 14.4 Å². The summed E-state index contributed by atoms with van der Waals surface area (Å²) in [4.78, 5) is 7.54. The highest BCUT2D eigenvalue weighted by atomic mass is 19.1. The molecule has 0 aromatic carbocycles. The Hall–Kier alpha value is -1.45. The molecule has 0 saturated heterocycles. The lowest BCUT2D eigenvalue weighted by atomic mass is 10.2. The number of aromatic nitrogens is 2. The number of hydrogen-bond acceptors (Lipinski definition) is 3. The van der Waals surface area contributed by atoms with E-state index in [1.807, 2.05) is 6.92 Å². The van der Waals surface area contributed by atoms with Gasteiger partial charge in [-0.1, -0.05) is 6.08 Å². The third-order valence-electron chi connectivity index (χ3n) is 1.52. The Kier molecular flexibility index (Phi) is 3.37. The Balaban J connectivity index is 2.53. The molecule has 0 aliphatic carbocycles. The fourth-order valence-corrected chi connectivity index (χ4v) is 0.916. The van der Waals surface area contributed by atoms with Gasteiger partial charge in [-0.3, -0.25) is 0 Å². The molecule has 0 aliphatic heterocycles. The van der Waals surface area contributed by atoms with Crippen LogP contribution in [0.2, 0.25) is 0 Å². The van der Waals surface area contributed by atoms with Crippen molar-refractivity contribution in [3.63, 3.8) is 0 Å². The van der Waals surface area contributed by atoms with E-state index in [1.165, 1.54) is 0 Å². The number of hydrogen-bond donors (Lipinski definition) is 1. The van der Waals surface area contributed by atoms with E-state index in [-0.39, 0.29) is 6.04 Å². The Morgan fingerprint density at radius 1 is 1.62 bits per heavy atom.